The Morgan fingerprint density at radius 1 is 0.800 bits per heavy atom. The van der Waals surface area contributed by atoms with Crippen LogP contribution in [0.5, 0.6) is 0 Å². The lowest BCUT2D eigenvalue weighted by atomic mass is 10.1. The molecule has 0 radical (unpaired) electrons. The van der Waals surface area contributed by atoms with Crippen molar-refractivity contribution < 1.29 is 0 Å². The number of nitrogens with one attached hydrogen (secondary N) is 1. The number of rotatable bonds is 1. The van der Waals surface area contributed by atoms with Crippen LogP contribution in [0.25, 0.3) is 22.1 Å². The Hall–Kier alpha value is -2.98. The number of benzene rings is 3. The minimum Gasteiger partial charge on any atom is -0.378 e. The molecule has 0 unspecified atom stereocenters. The highest BCUT2D eigenvalue weighted by Gasteiger charge is 2.15. The molecule has 120 valence electrons. The van der Waals surface area contributed by atoms with Crippen LogP contribution in [0.4, 0.5) is 11.4 Å². The van der Waals surface area contributed by atoms with Crippen molar-refractivity contribution in [2.45, 2.75) is 0 Å². The van der Waals surface area contributed by atoms with Crippen molar-refractivity contribution >= 4 is 50.8 Å². The molecular weight excluding hydrogens is 332 g/mol. The number of fused-ring (bicyclic) bond motifs is 3. The molecule has 0 atom stereocenters. The van der Waals surface area contributed by atoms with E-state index in [4.69, 9.17) is 26.6 Å². The molecule has 0 bridgehead atoms. The Kier molecular flexibility index (Phi) is 3.18. The van der Waals surface area contributed by atoms with Crippen molar-refractivity contribution in [2.24, 2.45) is 4.99 Å². The molecule has 3 aromatic carbocycles. The van der Waals surface area contributed by atoms with Gasteiger partial charge in [-0.15, -0.1) is 0 Å². The number of nitrogens with zero attached hydrogens (tertiary/aromatic N) is 3. The maximum absolute atomic E-state index is 5.97. The van der Waals surface area contributed by atoms with E-state index < -0.39 is 0 Å². The van der Waals surface area contributed by atoms with E-state index in [1.165, 1.54) is 0 Å². The number of aromatic nitrogens is 2. The summed E-state index contributed by atoms with van der Waals surface area (Å²) >= 11 is 5.97. The number of aliphatic imine (C=N–C) groups is 1. The van der Waals surface area contributed by atoms with Gasteiger partial charge in [-0.2, -0.15) is 0 Å². The van der Waals surface area contributed by atoms with Crippen molar-refractivity contribution in [3.63, 3.8) is 0 Å². The molecule has 1 N–H and O–H groups in total. The van der Waals surface area contributed by atoms with Crippen molar-refractivity contribution in [3.8, 4) is 0 Å². The van der Waals surface area contributed by atoms with Gasteiger partial charge >= 0.3 is 0 Å². The third-order valence-electron chi connectivity index (χ3n) is 4.34. The normalized spacial score (nSPS) is 13.4. The van der Waals surface area contributed by atoms with Crippen LogP contribution in [0, 0.1) is 0 Å². The maximum atomic E-state index is 5.97. The van der Waals surface area contributed by atoms with Gasteiger partial charge in [0.2, 0.25) is 0 Å². The van der Waals surface area contributed by atoms with Crippen LogP contribution < -0.4 is 5.32 Å². The van der Waals surface area contributed by atoms with E-state index in [0.717, 1.165) is 49.7 Å². The largest absolute Gasteiger partial charge is 0.378 e. The SMILES string of the molecule is Clc1ccc(C2=Nc3cc4nc5ccccc5nc4cc3NC2)cc1. The highest BCUT2D eigenvalue weighted by atomic mass is 35.5. The summed E-state index contributed by atoms with van der Waals surface area (Å²) < 4.78 is 0. The molecule has 1 aliphatic rings. The Bertz CT molecular complexity index is 1150. The van der Waals surface area contributed by atoms with E-state index in [1.54, 1.807) is 0 Å². The van der Waals surface area contributed by atoms with Gasteiger partial charge in [-0.3, -0.25) is 0 Å². The van der Waals surface area contributed by atoms with Crippen LogP contribution >= 0.6 is 11.6 Å². The summed E-state index contributed by atoms with van der Waals surface area (Å²) in [4.78, 5) is 14.2. The van der Waals surface area contributed by atoms with Gasteiger partial charge in [-0.1, -0.05) is 35.9 Å². The lowest BCUT2D eigenvalue weighted by Crippen LogP contribution is -2.18. The van der Waals surface area contributed by atoms with E-state index in [2.05, 4.69) is 5.32 Å². The molecule has 5 rings (SSSR count). The first-order valence-corrected chi connectivity index (χ1v) is 8.42. The quantitative estimate of drug-likeness (QED) is 0.495. The summed E-state index contributed by atoms with van der Waals surface area (Å²) in [5.74, 6) is 0. The summed E-state index contributed by atoms with van der Waals surface area (Å²) in [6.07, 6.45) is 0. The van der Waals surface area contributed by atoms with Gasteiger partial charge in [0.1, 0.15) is 0 Å². The molecule has 4 aromatic rings. The van der Waals surface area contributed by atoms with Gasteiger partial charge in [0.15, 0.2) is 0 Å². The number of anilines is 1. The third kappa shape index (κ3) is 2.51. The molecule has 0 spiro atoms. The van der Waals surface area contributed by atoms with Crippen LogP contribution in [-0.2, 0) is 0 Å². The predicted octanol–water partition coefficient (Wildman–Crippen LogP) is 4.98. The lowest BCUT2D eigenvalue weighted by Gasteiger charge is -2.18. The van der Waals surface area contributed by atoms with Crippen LogP contribution in [0.15, 0.2) is 65.7 Å². The van der Waals surface area contributed by atoms with Gasteiger partial charge in [-0.25, -0.2) is 15.0 Å². The fourth-order valence-corrected chi connectivity index (χ4v) is 3.19. The lowest BCUT2D eigenvalue weighted by molar-refractivity contribution is 1.29. The topological polar surface area (TPSA) is 50.2 Å². The van der Waals surface area contributed by atoms with E-state index in [1.807, 2.05) is 60.7 Å². The molecule has 0 saturated carbocycles. The fourth-order valence-electron chi connectivity index (χ4n) is 3.06. The Morgan fingerprint density at radius 3 is 2.20 bits per heavy atom. The third-order valence-corrected chi connectivity index (χ3v) is 4.59. The van der Waals surface area contributed by atoms with Crippen LogP contribution in [0.3, 0.4) is 0 Å². The first-order valence-electron chi connectivity index (χ1n) is 8.04. The Morgan fingerprint density at radius 2 is 1.48 bits per heavy atom. The Labute approximate surface area is 149 Å². The highest BCUT2D eigenvalue weighted by Crippen LogP contribution is 2.33. The summed E-state index contributed by atoms with van der Waals surface area (Å²) in [7, 11) is 0. The minimum atomic E-state index is 0.668. The number of halogens is 1. The van der Waals surface area contributed by atoms with Crippen LogP contribution in [0.1, 0.15) is 5.56 Å². The number of hydrogen-bond acceptors (Lipinski definition) is 4. The molecule has 0 saturated heterocycles. The molecule has 1 aliphatic heterocycles. The van der Waals surface area contributed by atoms with Gasteiger partial charge in [0.25, 0.3) is 0 Å². The molecule has 5 heteroatoms. The van der Waals surface area contributed by atoms with Crippen molar-refractivity contribution in [2.75, 3.05) is 11.9 Å². The van der Waals surface area contributed by atoms with Gasteiger partial charge in [-0.05, 0) is 42.0 Å². The van der Waals surface area contributed by atoms with Crippen LogP contribution in [-0.4, -0.2) is 22.2 Å². The summed E-state index contributed by atoms with van der Waals surface area (Å²) in [5.41, 5.74) is 7.42. The fraction of sp³-hybridized carbons (Fsp3) is 0.0500. The van der Waals surface area contributed by atoms with Crippen molar-refractivity contribution in [1.29, 1.82) is 0 Å². The predicted molar refractivity (Wildman–Crippen MR) is 103 cm³/mol. The zero-order chi connectivity index (χ0) is 16.8. The standard InChI is InChI=1S/C20H13ClN4/c21-13-7-5-12(6-8-13)20-11-22-16-9-18-19(10-17(16)25-20)24-15-4-2-1-3-14(15)23-18/h1-10,22H,11H2. The van der Waals surface area contributed by atoms with Crippen molar-refractivity contribution in [1.82, 2.24) is 9.97 Å². The summed E-state index contributed by atoms with van der Waals surface area (Å²) in [5, 5.41) is 4.16. The first-order chi connectivity index (χ1) is 12.3. The monoisotopic (exact) mass is 344 g/mol. The molecule has 1 aromatic heterocycles. The molecule has 0 aliphatic carbocycles. The minimum absolute atomic E-state index is 0.668. The average molecular weight is 345 g/mol. The number of para-hydroxylation sites is 2. The Balaban J connectivity index is 1.66. The molecule has 0 fully saturated rings. The van der Waals surface area contributed by atoms with Crippen molar-refractivity contribution in [3.05, 3.63) is 71.2 Å². The molecule has 4 nitrogen and oxygen atoms in total. The summed E-state index contributed by atoms with van der Waals surface area (Å²) in [6.45, 7) is 0.668. The first kappa shape index (κ1) is 14.4. The highest BCUT2D eigenvalue weighted by molar-refractivity contribution is 6.30. The van der Waals surface area contributed by atoms with E-state index in [0.29, 0.717) is 6.54 Å². The zero-order valence-electron chi connectivity index (χ0n) is 13.2. The van der Waals surface area contributed by atoms with Gasteiger partial charge in [0.05, 0.1) is 45.7 Å². The van der Waals surface area contributed by atoms with E-state index >= 15 is 0 Å². The summed E-state index contributed by atoms with van der Waals surface area (Å²) in [6, 6.07) is 19.7. The number of hydrogen-bond donors (Lipinski definition) is 1. The molecule has 25 heavy (non-hydrogen) atoms. The average Bonchev–Trinajstić information content (AvgIpc) is 2.65. The van der Waals surface area contributed by atoms with E-state index in [9.17, 15) is 0 Å². The van der Waals surface area contributed by atoms with Crippen LogP contribution in [0.2, 0.25) is 5.02 Å². The van der Waals surface area contributed by atoms with E-state index in [-0.39, 0.29) is 0 Å². The van der Waals surface area contributed by atoms with Gasteiger partial charge in [0, 0.05) is 5.02 Å². The smallest absolute Gasteiger partial charge is 0.0917 e. The molecule has 0 amide bonds. The maximum Gasteiger partial charge on any atom is 0.0917 e. The molecular formula is C20H13ClN4. The van der Waals surface area contributed by atoms with Gasteiger partial charge < -0.3 is 5.32 Å². The second-order valence-corrected chi connectivity index (χ2v) is 6.43. The second-order valence-electron chi connectivity index (χ2n) is 5.99. The molecule has 2 heterocycles. The zero-order valence-corrected chi connectivity index (χ0v) is 14.0. The second kappa shape index (κ2) is 5.53.